The molecule has 2 saturated heterocycles. The lowest BCUT2D eigenvalue weighted by Crippen LogP contribution is -2.47. The average Bonchev–Trinajstić information content (AvgIpc) is 3.43. The van der Waals surface area contributed by atoms with Crippen molar-refractivity contribution in [3.63, 3.8) is 0 Å². The summed E-state index contributed by atoms with van der Waals surface area (Å²) in [5.41, 5.74) is 0.128. The fourth-order valence-electron chi connectivity index (χ4n) is 5.84. The van der Waals surface area contributed by atoms with Crippen LogP contribution in [0.4, 0.5) is 28.2 Å². The van der Waals surface area contributed by atoms with Gasteiger partial charge in [-0.15, -0.1) is 0 Å². The lowest BCUT2D eigenvalue weighted by atomic mass is 9.93. The second-order valence-corrected chi connectivity index (χ2v) is 11.2. The molecular weight excluding hydrogens is 588 g/mol. The fraction of sp³-hybridized carbons (Fsp3) is 0.387. The summed E-state index contributed by atoms with van der Waals surface area (Å²) in [6, 6.07) is 14.5. The van der Waals surface area contributed by atoms with E-state index in [0.29, 0.717) is 56.4 Å². The molecule has 0 unspecified atom stereocenters. The molecule has 3 heterocycles. The Balaban J connectivity index is 1.28. The second kappa shape index (κ2) is 12.8. The number of aromatic nitrogens is 1. The van der Waals surface area contributed by atoms with Gasteiger partial charge in [-0.05, 0) is 73.9 Å². The highest BCUT2D eigenvalue weighted by Gasteiger charge is 2.43. The number of pyridine rings is 1. The monoisotopic (exact) mass is 618 g/mol. The van der Waals surface area contributed by atoms with Crippen molar-refractivity contribution in [2.75, 3.05) is 37.6 Å². The Morgan fingerprint density at radius 3 is 2.26 bits per heavy atom. The van der Waals surface area contributed by atoms with Gasteiger partial charge in [0.05, 0.1) is 11.6 Å². The molecule has 12 heteroatoms. The number of nitrogens with zero attached hydrogens (tertiary/aromatic N) is 4. The van der Waals surface area contributed by atoms with Crippen LogP contribution in [0.25, 0.3) is 0 Å². The van der Waals surface area contributed by atoms with E-state index in [2.05, 4.69) is 4.98 Å². The number of halogens is 5. The van der Waals surface area contributed by atoms with Gasteiger partial charge in [0.1, 0.15) is 17.4 Å². The van der Waals surface area contributed by atoms with Gasteiger partial charge in [-0.3, -0.25) is 4.79 Å². The average molecular weight is 619 g/mol. The van der Waals surface area contributed by atoms with Crippen LogP contribution in [0.2, 0.25) is 5.02 Å². The van der Waals surface area contributed by atoms with Crippen molar-refractivity contribution in [2.24, 2.45) is 5.92 Å². The summed E-state index contributed by atoms with van der Waals surface area (Å²) in [5.74, 6) is -0.268. The minimum atomic E-state index is -4.45. The number of carbonyl (C=O) groups excluding carboxylic acids is 2. The zero-order valence-electron chi connectivity index (χ0n) is 23.4. The number of likely N-dealkylation sites (N-methyl/N-ethyl adjacent to an activating group) is 1. The van der Waals surface area contributed by atoms with Crippen LogP contribution < -0.4 is 9.64 Å². The summed E-state index contributed by atoms with van der Waals surface area (Å²) in [4.78, 5) is 36.3. The Bertz CT molecular complexity index is 1410. The molecular formula is C31H31ClF4N4O3. The molecule has 228 valence electrons. The summed E-state index contributed by atoms with van der Waals surface area (Å²) < 4.78 is 57.7. The first-order valence-corrected chi connectivity index (χ1v) is 14.5. The van der Waals surface area contributed by atoms with E-state index in [0.717, 1.165) is 17.8 Å². The molecule has 0 spiro atoms. The lowest BCUT2D eigenvalue weighted by molar-refractivity contribution is -0.138. The summed E-state index contributed by atoms with van der Waals surface area (Å²) in [6.07, 6.45) is -3.16. The van der Waals surface area contributed by atoms with Gasteiger partial charge < -0.3 is 19.4 Å². The molecule has 7 nitrogen and oxygen atoms in total. The predicted molar refractivity (Wildman–Crippen MR) is 154 cm³/mol. The van der Waals surface area contributed by atoms with Crippen molar-refractivity contribution in [1.82, 2.24) is 14.8 Å². The van der Waals surface area contributed by atoms with Gasteiger partial charge >= 0.3 is 12.3 Å². The Kier molecular flexibility index (Phi) is 9.10. The maximum absolute atomic E-state index is 13.8. The third-order valence-electron chi connectivity index (χ3n) is 8.14. The molecule has 0 saturated carbocycles. The van der Waals surface area contributed by atoms with E-state index in [1.54, 1.807) is 21.9 Å². The van der Waals surface area contributed by atoms with E-state index in [9.17, 15) is 27.2 Å². The fourth-order valence-corrected chi connectivity index (χ4v) is 5.96. The number of alkyl halides is 3. The van der Waals surface area contributed by atoms with Gasteiger partial charge in [0, 0.05) is 55.8 Å². The second-order valence-electron chi connectivity index (χ2n) is 10.7. The maximum Gasteiger partial charge on any atom is 0.417 e. The Hall–Kier alpha value is -3.86. The van der Waals surface area contributed by atoms with Crippen LogP contribution in [0, 0.1) is 11.7 Å². The molecule has 3 aromatic rings. The highest BCUT2D eigenvalue weighted by Crippen LogP contribution is 2.35. The molecule has 2 aliphatic rings. The molecule has 5 rings (SSSR count). The van der Waals surface area contributed by atoms with E-state index >= 15 is 0 Å². The first-order chi connectivity index (χ1) is 20.5. The number of rotatable bonds is 6. The maximum atomic E-state index is 13.8. The van der Waals surface area contributed by atoms with Crippen LogP contribution in [0.15, 0.2) is 66.9 Å². The molecule has 2 aromatic carbocycles. The Morgan fingerprint density at radius 1 is 1.00 bits per heavy atom. The smallest absolute Gasteiger partial charge is 0.410 e. The number of piperidine rings is 1. The predicted octanol–water partition coefficient (Wildman–Crippen LogP) is 6.62. The van der Waals surface area contributed by atoms with Crippen molar-refractivity contribution >= 4 is 29.4 Å². The topological polar surface area (TPSA) is 66.0 Å². The van der Waals surface area contributed by atoms with Crippen LogP contribution >= 0.6 is 11.6 Å². The van der Waals surface area contributed by atoms with Crippen LogP contribution in [0.5, 0.6) is 5.75 Å². The quantitative estimate of drug-likeness (QED) is 0.290. The van der Waals surface area contributed by atoms with Crippen LogP contribution in [0.1, 0.15) is 36.8 Å². The number of hydrogen-bond acceptors (Lipinski definition) is 5. The van der Waals surface area contributed by atoms with E-state index < -0.39 is 23.7 Å². The summed E-state index contributed by atoms with van der Waals surface area (Å²) in [5, 5.41) is 0.573. The third-order valence-corrected chi connectivity index (χ3v) is 8.39. The van der Waals surface area contributed by atoms with Crippen molar-refractivity contribution in [1.29, 1.82) is 0 Å². The molecule has 0 N–H and O–H groups in total. The van der Waals surface area contributed by atoms with Gasteiger partial charge in [-0.2, -0.15) is 13.2 Å². The number of benzene rings is 2. The SMILES string of the molecule is CCN(C(=O)Oc1ccc(F)cc1)[C@@H]1CN(C(=O)C2CCN(c3ccc(C(F)(F)F)cn3)CC2)C[C@H]1c1ccc(Cl)cc1. The number of likely N-dealkylation sites (tertiary alicyclic amines) is 1. The van der Waals surface area contributed by atoms with E-state index in [-0.39, 0.29) is 29.5 Å². The standard InChI is InChI=1S/C31H31ClF4N4O3/c1-2-40(30(42)43-25-10-8-24(33)9-11-25)27-19-39(18-26(27)20-3-6-23(32)7-4-20)29(41)21-13-15-38(16-14-21)28-12-5-22(17-37-28)31(34,35)36/h3-12,17,21,26-27H,2,13-16,18-19H2,1H3/t26-,27+/m0/s1. The lowest BCUT2D eigenvalue weighted by Gasteiger charge is -2.34. The molecule has 0 bridgehead atoms. The highest BCUT2D eigenvalue weighted by molar-refractivity contribution is 6.30. The summed E-state index contributed by atoms with van der Waals surface area (Å²) in [7, 11) is 0. The third kappa shape index (κ3) is 7.04. The van der Waals surface area contributed by atoms with Crippen molar-refractivity contribution in [3.8, 4) is 5.75 Å². The van der Waals surface area contributed by atoms with Gasteiger partial charge in [0.2, 0.25) is 5.91 Å². The van der Waals surface area contributed by atoms with E-state index in [1.165, 1.54) is 30.3 Å². The van der Waals surface area contributed by atoms with Crippen LogP contribution in [-0.2, 0) is 11.0 Å². The number of hydrogen-bond donors (Lipinski definition) is 0. The first-order valence-electron chi connectivity index (χ1n) is 14.1. The van der Waals surface area contributed by atoms with Gasteiger partial charge in [0.25, 0.3) is 0 Å². The number of carbonyl (C=O) groups is 2. The molecule has 2 atom stereocenters. The molecule has 2 aliphatic heterocycles. The molecule has 2 amide bonds. The zero-order valence-corrected chi connectivity index (χ0v) is 24.2. The minimum absolute atomic E-state index is 0.0237. The van der Waals surface area contributed by atoms with Gasteiger partial charge in [0.15, 0.2) is 0 Å². The van der Waals surface area contributed by atoms with Crippen molar-refractivity contribution < 1.29 is 31.9 Å². The first kappa shape index (κ1) is 30.6. The Labute approximate surface area is 252 Å². The summed E-state index contributed by atoms with van der Waals surface area (Å²) in [6.45, 7) is 3.83. The van der Waals surface area contributed by atoms with E-state index in [1.807, 2.05) is 24.0 Å². The minimum Gasteiger partial charge on any atom is -0.410 e. The molecule has 0 radical (unpaired) electrons. The molecule has 1 aromatic heterocycles. The van der Waals surface area contributed by atoms with Crippen LogP contribution in [0.3, 0.4) is 0 Å². The number of ether oxygens (including phenoxy) is 1. The number of amides is 2. The molecule has 43 heavy (non-hydrogen) atoms. The zero-order chi connectivity index (χ0) is 30.7. The van der Waals surface area contributed by atoms with Gasteiger partial charge in [-0.1, -0.05) is 23.7 Å². The molecule has 0 aliphatic carbocycles. The normalized spacial score (nSPS) is 19.4. The van der Waals surface area contributed by atoms with Crippen molar-refractivity contribution in [2.45, 2.75) is 37.9 Å². The van der Waals surface area contributed by atoms with E-state index in [4.69, 9.17) is 16.3 Å². The molecule has 2 fully saturated rings. The number of anilines is 1. The van der Waals surface area contributed by atoms with Crippen molar-refractivity contribution in [3.05, 3.63) is 88.8 Å². The highest BCUT2D eigenvalue weighted by atomic mass is 35.5. The van der Waals surface area contributed by atoms with Gasteiger partial charge in [-0.25, -0.2) is 14.2 Å². The summed E-state index contributed by atoms with van der Waals surface area (Å²) >= 11 is 6.13. The Morgan fingerprint density at radius 2 is 1.67 bits per heavy atom. The largest absolute Gasteiger partial charge is 0.417 e. The van der Waals surface area contributed by atoms with Crippen LogP contribution in [-0.4, -0.2) is 65.5 Å².